The van der Waals surface area contributed by atoms with Crippen molar-refractivity contribution in [2.45, 2.75) is 94.4 Å². The van der Waals surface area contributed by atoms with Crippen LogP contribution in [0.5, 0.6) is 0 Å². The first-order chi connectivity index (χ1) is 17.0. The molecule has 1 aromatic carbocycles. The van der Waals surface area contributed by atoms with Gasteiger partial charge in [0.05, 0.1) is 13.2 Å². The molecule has 0 radical (unpaired) electrons. The van der Waals surface area contributed by atoms with Crippen molar-refractivity contribution < 1.29 is 20.5 Å². The van der Waals surface area contributed by atoms with Crippen LogP contribution in [0, 0.1) is 0 Å². The molecule has 6 rings (SSSR count). The molecule has 2 bridgehead atoms. The minimum absolute atomic E-state index is 0. The fourth-order valence-electron chi connectivity index (χ4n) is 7.57. The Bertz CT molecular complexity index is 944. The zero-order valence-electron chi connectivity index (χ0n) is 21.0. The highest BCUT2D eigenvalue weighted by Gasteiger charge is 2.47. The summed E-state index contributed by atoms with van der Waals surface area (Å²) in [6.45, 7) is 5.94. The molecule has 192 valence electrons. The van der Waals surface area contributed by atoms with Gasteiger partial charge in [0.1, 0.15) is 6.10 Å². The fraction of sp³-hybridized carbons (Fsp3) is 0.714. The molecular formula is C28H41N3O4. The molecule has 2 amide bonds. The first-order valence-corrected chi connectivity index (χ1v) is 13.7. The van der Waals surface area contributed by atoms with Crippen LogP contribution in [0.3, 0.4) is 0 Å². The topological polar surface area (TPSA) is 62.3 Å². The number of piperidine rings is 1. The number of ether oxygens (including phenoxy) is 2. The molecule has 7 heteroatoms. The van der Waals surface area contributed by atoms with Crippen LogP contribution in [0.4, 0.5) is 10.5 Å². The van der Waals surface area contributed by atoms with Crippen molar-refractivity contribution in [1.29, 1.82) is 0 Å². The Labute approximate surface area is 210 Å². The van der Waals surface area contributed by atoms with E-state index in [0.717, 1.165) is 83.1 Å². The summed E-state index contributed by atoms with van der Waals surface area (Å²) in [5.74, 6) is 0.149. The van der Waals surface area contributed by atoms with Crippen molar-refractivity contribution in [3.05, 3.63) is 29.8 Å². The Morgan fingerprint density at radius 2 is 1.63 bits per heavy atom. The SMILES string of the molecule is CC(=O)N1CC2(CCN(C3CCC4CCC(CC3)N4C(=O)O[C@@H]3CCOC3)CC2)c2ccccc21.[HH]. The zero-order valence-corrected chi connectivity index (χ0v) is 21.0. The van der Waals surface area contributed by atoms with Gasteiger partial charge in [-0.05, 0) is 76.1 Å². The van der Waals surface area contributed by atoms with Crippen molar-refractivity contribution in [2.24, 2.45) is 0 Å². The lowest BCUT2D eigenvalue weighted by molar-refractivity contribution is -0.116. The maximum absolute atomic E-state index is 13.0. The standard InChI is InChI=1S/C28H39N3O4.H2/c1-20(32)30-19-28(25-4-2-3-5-26(25)30)13-15-29(16-14-28)21-6-8-22-10-11-23(9-7-21)31(22)27(33)35-24-12-17-34-18-24;/h2-5,21-24H,6-19H2,1H3;1H/t21?,22?,23?,24-;/m1./s1. The monoisotopic (exact) mass is 483 g/mol. The van der Waals surface area contributed by atoms with Crippen molar-refractivity contribution in [2.75, 3.05) is 37.7 Å². The molecule has 2 unspecified atom stereocenters. The molecule has 4 fully saturated rings. The molecule has 5 heterocycles. The minimum atomic E-state index is -0.110. The molecule has 0 aliphatic carbocycles. The lowest BCUT2D eigenvalue weighted by Gasteiger charge is -2.44. The van der Waals surface area contributed by atoms with E-state index in [4.69, 9.17) is 9.47 Å². The third-order valence-corrected chi connectivity index (χ3v) is 9.53. The van der Waals surface area contributed by atoms with Crippen LogP contribution >= 0.6 is 0 Å². The molecule has 1 aromatic rings. The van der Waals surface area contributed by atoms with E-state index in [0.29, 0.717) is 31.3 Å². The van der Waals surface area contributed by atoms with E-state index in [2.05, 4.69) is 28.0 Å². The smallest absolute Gasteiger partial charge is 0.410 e. The second-order valence-corrected chi connectivity index (χ2v) is 11.4. The summed E-state index contributed by atoms with van der Waals surface area (Å²) in [5, 5.41) is 0. The summed E-state index contributed by atoms with van der Waals surface area (Å²) < 4.78 is 11.2. The van der Waals surface area contributed by atoms with Gasteiger partial charge >= 0.3 is 6.09 Å². The van der Waals surface area contributed by atoms with Crippen LogP contribution in [0.15, 0.2) is 24.3 Å². The number of hydrogen-bond acceptors (Lipinski definition) is 5. The highest BCUT2D eigenvalue weighted by Crippen LogP contribution is 2.47. The first kappa shape index (κ1) is 23.3. The number of benzene rings is 1. The molecule has 5 aliphatic heterocycles. The second-order valence-electron chi connectivity index (χ2n) is 11.4. The number of amides is 2. The van der Waals surface area contributed by atoms with Crippen LogP contribution in [0.1, 0.15) is 71.7 Å². The molecule has 0 N–H and O–H groups in total. The maximum atomic E-state index is 13.0. The summed E-state index contributed by atoms with van der Waals surface area (Å²) in [5.41, 5.74) is 2.59. The summed E-state index contributed by atoms with van der Waals surface area (Å²) in [6.07, 6.45) is 9.51. The van der Waals surface area contributed by atoms with Crippen LogP contribution in [0.2, 0.25) is 0 Å². The van der Waals surface area contributed by atoms with E-state index in [1.54, 1.807) is 6.92 Å². The average Bonchev–Trinajstić information content (AvgIpc) is 3.58. The predicted octanol–water partition coefficient (Wildman–Crippen LogP) is 4.33. The largest absolute Gasteiger partial charge is 0.444 e. The molecule has 5 aliphatic rings. The number of nitrogens with zero attached hydrogens (tertiary/aromatic N) is 3. The van der Waals surface area contributed by atoms with E-state index in [1.807, 2.05) is 11.0 Å². The van der Waals surface area contributed by atoms with Crippen molar-refractivity contribution in [3.63, 3.8) is 0 Å². The van der Waals surface area contributed by atoms with Crippen molar-refractivity contribution >= 4 is 17.7 Å². The lowest BCUT2D eigenvalue weighted by Crippen LogP contribution is -2.51. The van der Waals surface area contributed by atoms with Gasteiger partial charge in [0.15, 0.2) is 0 Å². The van der Waals surface area contributed by atoms with Crippen LogP contribution in [-0.2, 0) is 19.7 Å². The van der Waals surface area contributed by atoms with Gasteiger partial charge < -0.3 is 24.2 Å². The maximum Gasteiger partial charge on any atom is 0.410 e. The molecule has 0 saturated carbocycles. The summed E-state index contributed by atoms with van der Waals surface area (Å²) >= 11 is 0. The molecule has 0 aromatic heterocycles. The zero-order chi connectivity index (χ0) is 24.0. The summed E-state index contributed by atoms with van der Waals surface area (Å²) in [7, 11) is 0. The van der Waals surface area contributed by atoms with Gasteiger partial charge in [-0.1, -0.05) is 18.2 Å². The Morgan fingerprint density at radius 3 is 2.26 bits per heavy atom. The predicted molar refractivity (Wildman–Crippen MR) is 136 cm³/mol. The Hall–Kier alpha value is -2.12. The Morgan fingerprint density at radius 1 is 0.971 bits per heavy atom. The fourth-order valence-corrected chi connectivity index (χ4v) is 7.57. The van der Waals surface area contributed by atoms with E-state index < -0.39 is 0 Å². The van der Waals surface area contributed by atoms with Crippen molar-refractivity contribution in [3.8, 4) is 0 Å². The Balaban J connectivity index is 0.00000267. The van der Waals surface area contributed by atoms with Gasteiger partial charge in [-0.25, -0.2) is 4.79 Å². The number of fused-ring (bicyclic) bond motifs is 4. The van der Waals surface area contributed by atoms with Crippen LogP contribution in [0.25, 0.3) is 0 Å². The highest BCUT2D eigenvalue weighted by molar-refractivity contribution is 5.94. The van der Waals surface area contributed by atoms with Gasteiger partial charge in [0.25, 0.3) is 0 Å². The first-order valence-electron chi connectivity index (χ1n) is 13.7. The van der Waals surface area contributed by atoms with Gasteiger partial charge in [0.2, 0.25) is 5.91 Å². The minimum Gasteiger partial charge on any atom is -0.444 e. The van der Waals surface area contributed by atoms with Gasteiger partial charge in [-0.15, -0.1) is 0 Å². The number of para-hydroxylation sites is 1. The van der Waals surface area contributed by atoms with Crippen molar-refractivity contribution in [1.82, 2.24) is 9.80 Å². The number of likely N-dealkylation sites (tertiary alicyclic amines) is 1. The van der Waals surface area contributed by atoms with E-state index in [1.165, 1.54) is 5.56 Å². The third kappa shape index (κ3) is 4.25. The van der Waals surface area contributed by atoms with Gasteiger partial charge in [-0.2, -0.15) is 0 Å². The second kappa shape index (κ2) is 9.40. The van der Waals surface area contributed by atoms with E-state index in [9.17, 15) is 9.59 Å². The quantitative estimate of drug-likeness (QED) is 0.627. The number of hydrogen-bond donors (Lipinski definition) is 0. The molecule has 35 heavy (non-hydrogen) atoms. The van der Waals surface area contributed by atoms with Crippen LogP contribution in [-0.4, -0.2) is 78.9 Å². The summed E-state index contributed by atoms with van der Waals surface area (Å²) in [4.78, 5) is 32.1. The van der Waals surface area contributed by atoms with E-state index >= 15 is 0 Å². The normalized spacial score (nSPS) is 32.4. The third-order valence-electron chi connectivity index (χ3n) is 9.53. The summed E-state index contributed by atoms with van der Waals surface area (Å²) in [6, 6.07) is 9.76. The Kier molecular flexibility index (Phi) is 6.25. The molecule has 3 atom stereocenters. The van der Waals surface area contributed by atoms with Crippen LogP contribution < -0.4 is 4.90 Å². The number of carbonyl (C=O) groups is 2. The molecule has 1 spiro atoms. The average molecular weight is 484 g/mol. The molecule has 4 saturated heterocycles. The van der Waals surface area contributed by atoms with Gasteiger partial charge in [0, 0.05) is 50.5 Å². The number of rotatable bonds is 2. The molecular weight excluding hydrogens is 442 g/mol. The van der Waals surface area contributed by atoms with Gasteiger partial charge in [-0.3, -0.25) is 4.79 Å². The number of carbonyl (C=O) groups excluding carboxylic acids is 2. The molecule has 7 nitrogen and oxygen atoms in total. The number of anilines is 1. The van der Waals surface area contributed by atoms with E-state index in [-0.39, 0.29) is 24.9 Å². The lowest BCUT2D eigenvalue weighted by atomic mass is 9.74. The highest BCUT2D eigenvalue weighted by atomic mass is 16.6.